The molecule has 7 nitrogen and oxygen atoms in total. The van der Waals surface area contributed by atoms with Crippen LogP contribution in [-0.2, 0) is 6.54 Å². The molecule has 156 valence electrons. The van der Waals surface area contributed by atoms with Gasteiger partial charge in [-0.2, -0.15) is 5.10 Å². The Balaban J connectivity index is 1.21. The van der Waals surface area contributed by atoms with Gasteiger partial charge in [0, 0.05) is 12.4 Å². The molecule has 1 amide bonds. The fourth-order valence-electron chi connectivity index (χ4n) is 3.42. The first-order valence-corrected chi connectivity index (χ1v) is 9.81. The van der Waals surface area contributed by atoms with Crippen LogP contribution in [0.15, 0.2) is 73.2 Å². The number of anilines is 1. The summed E-state index contributed by atoms with van der Waals surface area (Å²) >= 11 is 0. The summed E-state index contributed by atoms with van der Waals surface area (Å²) in [7, 11) is 0. The highest BCUT2D eigenvalue weighted by Gasteiger charge is 2.21. The maximum absolute atomic E-state index is 13.1. The number of hydrogen-bond acceptors (Lipinski definition) is 4. The molecule has 0 spiro atoms. The highest BCUT2D eigenvalue weighted by molar-refractivity contribution is 6.03. The zero-order valence-corrected chi connectivity index (χ0v) is 16.4. The van der Waals surface area contributed by atoms with Gasteiger partial charge in [0.05, 0.1) is 18.4 Å². The number of aromatic nitrogens is 3. The van der Waals surface area contributed by atoms with E-state index in [0.717, 1.165) is 16.9 Å². The SMILES string of the molecule is O=C(Nc1cnn(CC2COc3ccccc3O2)c1)c1cc(-c2ccc(F)cc2)c[nH]1. The fourth-order valence-corrected chi connectivity index (χ4v) is 3.42. The minimum absolute atomic E-state index is 0.181. The molecule has 0 saturated carbocycles. The Bertz CT molecular complexity index is 1220. The van der Waals surface area contributed by atoms with Gasteiger partial charge >= 0.3 is 0 Å². The Morgan fingerprint density at radius 3 is 2.81 bits per heavy atom. The summed E-state index contributed by atoms with van der Waals surface area (Å²) in [6.07, 6.45) is 4.86. The van der Waals surface area contributed by atoms with Gasteiger partial charge in [-0.15, -0.1) is 0 Å². The Labute approximate surface area is 177 Å². The van der Waals surface area contributed by atoms with Gasteiger partial charge in [0.25, 0.3) is 5.91 Å². The average molecular weight is 418 g/mol. The van der Waals surface area contributed by atoms with Crippen molar-refractivity contribution in [3.63, 3.8) is 0 Å². The van der Waals surface area contributed by atoms with Crippen LogP contribution in [0.3, 0.4) is 0 Å². The monoisotopic (exact) mass is 418 g/mol. The molecular formula is C23H19FN4O3. The Hall–Kier alpha value is -4.07. The minimum Gasteiger partial charge on any atom is -0.486 e. The lowest BCUT2D eigenvalue weighted by atomic mass is 10.1. The van der Waals surface area contributed by atoms with Crippen molar-refractivity contribution in [3.05, 3.63) is 84.7 Å². The first-order valence-electron chi connectivity index (χ1n) is 9.81. The quantitative estimate of drug-likeness (QED) is 0.511. The van der Waals surface area contributed by atoms with E-state index in [1.165, 1.54) is 12.1 Å². The van der Waals surface area contributed by atoms with Crippen LogP contribution in [0, 0.1) is 5.82 Å². The average Bonchev–Trinajstić information content (AvgIpc) is 3.44. The van der Waals surface area contributed by atoms with Crippen molar-refractivity contribution in [1.29, 1.82) is 0 Å². The normalized spacial score (nSPS) is 14.9. The van der Waals surface area contributed by atoms with Gasteiger partial charge in [-0.25, -0.2) is 4.39 Å². The number of hydrogen-bond donors (Lipinski definition) is 2. The number of H-pyrrole nitrogens is 1. The molecule has 0 radical (unpaired) electrons. The van der Waals surface area contributed by atoms with Crippen molar-refractivity contribution in [1.82, 2.24) is 14.8 Å². The number of nitrogens with zero attached hydrogens (tertiary/aromatic N) is 2. The lowest BCUT2D eigenvalue weighted by Gasteiger charge is -2.26. The number of halogens is 1. The number of amides is 1. The van der Waals surface area contributed by atoms with Gasteiger partial charge in [0.1, 0.15) is 18.1 Å². The molecule has 0 saturated heterocycles. The summed E-state index contributed by atoms with van der Waals surface area (Å²) in [6.45, 7) is 0.911. The second-order valence-corrected chi connectivity index (χ2v) is 7.21. The Morgan fingerprint density at radius 2 is 1.97 bits per heavy atom. The maximum atomic E-state index is 13.1. The van der Waals surface area contributed by atoms with E-state index in [1.54, 1.807) is 41.5 Å². The standard InChI is InChI=1S/C23H19FN4O3/c24-17-7-5-15(6-8-17)16-9-20(25-10-16)23(29)27-18-11-26-28(12-18)13-19-14-30-21-3-1-2-4-22(21)31-19/h1-12,19,25H,13-14H2,(H,27,29). The number of rotatable bonds is 5. The van der Waals surface area contributed by atoms with Gasteiger partial charge in [0.2, 0.25) is 0 Å². The third-order valence-corrected chi connectivity index (χ3v) is 4.95. The van der Waals surface area contributed by atoms with E-state index < -0.39 is 0 Å². The van der Waals surface area contributed by atoms with E-state index in [-0.39, 0.29) is 17.8 Å². The van der Waals surface area contributed by atoms with E-state index in [4.69, 9.17) is 9.47 Å². The number of benzene rings is 2. The van der Waals surface area contributed by atoms with E-state index in [1.807, 2.05) is 24.3 Å². The van der Waals surface area contributed by atoms with Crippen molar-refractivity contribution in [2.24, 2.45) is 0 Å². The molecule has 2 aromatic heterocycles. The summed E-state index contributed by atoms with van der Waals surface area (Å²) < 4.78 is 26.5. The highest BCUT2D eigenvalue weighted by atomic mass is 19.1. The summed E-state index contributed by atoms with van der Waals surface area (Å²) in [4.78, 5) is 15.5. The van der Waals surface area contributed by atoms with Crippen LogP contribution in [0.25, 0.3) is 11.1 Å². The van der Waals surface area contributed by atoms with Crippen LogP contribution < -0.4 is 14.8 Å². The summed E-state index contributed by atoms with van der Waals surface area (Å²) in [5.41, 5.74) is 2.59. The Morgan fingerprint density at radius 1 is 1.16 bits per heavy atom. The predicted octanol–water partition coefficient (Wildman–Crippen LogP) is 4.11. The molecule has 1 aliphatic rings. The van der Waals surface area contributed by atoms with Crippen LogP contribution in [0.5, 0.6) is 11.5 Å². The van der Waals surface area contributed by atoms with Crippen molar-refractivity contribution in [2.75, 3.05) is 11.9 Å². The van der Waals surface area contributed by atoms with Gasteiger partial charge in [-0.1, -0.05) is 24.3 Å². The van der Waals surface area contributed by atoms with Gasteiger partial charge < -0.3 is 19.8 Å². The predicted molar refractivity (Wildman–Crippen MR) is 113 cm³/mol. The molecule has 1 unspecified atom stereocenters. The fraction of sp³-hybridized carbons (Fsp3) is 0.130. The maximum Gasteiger partial charge on any atom is 0.272 e. The van der Waals surface area contributed by atoms with Gasteiger partial charge in [-0.05, 0) is 41.5 Å². The first-order chi connectivity index (χ1) is 15.1. The molecule has 2 N–H and O–H groups in total. The lowest BCUT2D eigenvalue weighted by molar-refractivity contribution is 0.0759. The van der Waals surface area contributed by atoms with Crippen molar-refractivity contribution < 1.29 is 18.7 Å². The van der Waals surface area contributed by atoms with Crippen LogP contribution in [0.1, 0.15) is 10.5 Å². The molecule has 5 rings (SSSR count). The van der Waals surface area contributed by atoms with E-state index in [2.05, 4.69) is 15.4 Å². The largest absolute Gasteiger partial charge is 0.486 e. The molecule has 2 aromatic carbocycles. The number of nitrogens with one attached hydrogen (secondary N) is 2. The second-order valence-electron chi connectivity index (χ2n) is 7.21. The summed E-state index contributed by atoms with van der Waals surface area (Å²) in [5, 5.41) is 7.11. The van der Waals surface area contributed by atoms with Gasteiger partial charge in [-0.3, -0.25) is 9.48 Å². The van der Waals surface area contributed by atoms with Crippen LogP contribution >= 0.6 is 0 Å². The second kappa shape index (κ2) is 7.98. The summed E-state index contributed by atoms with van der Waals surface area (Å²) in [5.74, 6) is 0.851. The topological polar surface area (TPSA) is 81.2 Å². The number of carbonyl (C=O) groups is 1. The molecule has 31 heavy (non-hydrogen) atoms. The van der Waals surface area contributed by atoms with E-state index in [9.17, 15) is 9.18 Å². The van der Waals surface area contributed by atoms with E-state index in [0.29, 0.717) is 30.3 Å². The van der Waals surface area contributed by atoms with E-state index >= 15 is 0 Å². The third kappa shape index (κ3) is 4.13. The smallest absolute Gasteiger partial charge is 0.272 e. The molecular weight excluding hydrogens is 399 g/mol. The first kappa shape index (κ1) is 18.9. The Kier molecular flexibility index (Phi) is 4.87. The minimum atomic E-state index is -0.302. The molecule has 3 heterocycles. The van der Waals surface area contributed by atoms with Crippen molar-refractivity contribution >= 4 is 11.6 Å². The third-order valence-electron chi connectivity index (χ3n) is 4.95. The highest BCUT2D eigenvalue weighted by Crippen LogP contribution is 2.31. The number of ether oxygens (including phenoxy) is 2. The lowest BCUT2D eigenvalue weighted by Crippen LogP contribution is -2.33. The van der Waals surface area contributed by atoms with Crippen LogP contribution in [0.2, 0.25) is 0 Å². The molecule has 0 aliphatic carbocycles. The summed E-state index contributed by atoms with van der Waals surface area (Å²) in [6, 6.07) is 15.4. The molecule has 4 aromatic rings. The van der Waals surface area contributed by atoms with Crippen LogP contribution in [-0.4, -0.2) is 33.4 Å². The molecule has 1 aliphatic heterocycles. The number of para-hydroxylation sites is 2. The zero-order chi connectivity index (χ0) is 21.2. The number of aromatic amines is 1. The van der Waals surface area contributed by atoms with Gasteiger partial charge in [0.15, 0.2) is 17.6 Å². The molecule has 1 atom stereocenters. The zero-order valence-electron chi connectivity index (χ0n) is 16.4. The molecule has 0 bridgehead atoms. The van der Waals surface area contributed by atoms with Crippen molar-refractivity contribution in [2.45, 2.75) is 12.6 Å². The van der Waals surface area contributed by atoms with Crippen molar-refractivity contribution in [3.8, 4) is 22.6 Å². The molecule has 0 fully saturated rings. The number of carbonyl (C=O) groups excluding carboxylic acids is 1. The van der Waals surface area contributed by atoms with Crippen LogP contribution in [0.4, 0.5) is 10.1 Å². The molecule has 8 heteroatoms. The number of fused-ring (bicyclic) bond motifs is 1.